The van der Waals surface area contributed by atoms with Gasteiger partial charge < -0.3 is 5.73 Å². The van der Waals surface area contributed by atoms with Crippen molar-refractivity contribution in [1.29, 1.82) is 0 Å². The zero-order valence-electron chi connectivity index (χ0n) is 8.13. The molecule has 0 aromatic carbocycles. The molecule has 0 bridgehead atoms. The van der Waals surface area contributed by atoms with Crippen LogP contribution < -0.4 is 5.73 Å². The van der Waals surface area contributed by atoms with Gasteiger partial charge in [-0.15, -0.1) is 0 Å². The van der Waals surface area contributed by atoms with Gasteiger partial charge in [-0.2, -0.15) is 0 Å². The number of hydrogen-bond acceptors (Lipinski definition) is 3. The summed E-state index contributed by atoms with van der Waals surface area (Å²) in [6, 6.07) is 0. The third-order valence-corrected chi connectivity index (χ3v) is 2.20. The topological polar surface area (TPSA) is 51.8 Å². The van der Waals surface area contributed by atoms with Gasteiger partial charge in [0.05, 0.1) is 5.69 Å². The predicted octanol–water partition coefficient (Wildman–Crippen LogP) is 2.40. The summed E-state index contributed by atoms with van der Waals surface area (Å²) in [4.78, 5) is 8.09. The lowest BCUT2D eigenvalue weighted by Gasteiger charge is -2.12. The number of nitrogens with zero attached hydrogens (tertiary/aromatic N) is 2. The number of halogens is 1. The lowest BCUT2D eigenvalue weighted by atomic mass is 10.0. The quantitative estimate of drug-likeness (QED) is 0.745. The number of hydrogen-bond donors (Lipinski definition) is 1. The lowest BCUT2D eigenvalue weighted by Crippen LogP contribution is -2.06. The Balaban J connectivity index is 3.30. The molecule has 3 nitrogen and oxygen atoms in total. The molecule has 0 aliphatic carbocycles. The van der Waals surface area contributed by atoms with E-state index in [1.807, 2.05) is 6.92 Å². The Morgan fingerprint density at radius 3 is 2.46 bits per heavy atom. The summed E-state index contributed by atoms with van der Waals surface area (Å²) >= 11 is 5.98. The van der Waals surface area contributed by atoms with E-state index in [2.05, 4.69) is 23.8 Å². The fourth-order valence-electron chi connectivity index (χ4n) is 1.34. The molecule has 1 aromatic rings. The number of rotatable bonds is 2. The third-order valence-electron chi connectivity index (χ3n) is 1.91. The molecule has 0 fully saturated rings. The molecule has 72 valence electrons. The Hall–Kier alpha value is -0.830. The number of aryl methyl sites for hydroxylation is 1. The van der Waals surface area contributed by atoms with Gasteiger partial charge in [-0.05, 0) is 12.3 Å². The van der Waals surface area contributed by atoms with E-state index in [4.69, 9.17) is 17.3 Å². The molecule has 0 saturated carbocycles. The first-order chi connectivity index (χ1) is 6.06. The highest BCUT2D eigenvalue weighted by molar-refractivity contribution is 6.30. The van der Waals surface area contributed by atoms with Gasteiger partial charge in [0.25, 0.3) is 0 Å². The van der Waals surface area contributed by atoms with Crippen molar-refractivity contribution in [3.05, 3.63) is 16.4 Å². The SMILES string of the molecule is CCc1nc(N)nc(Cl)c1C(C)C. The monoisotopic (exact) mass is 199 g/mol. The van der Waals surface area contributed by atoms with Crippen molar-refractivity contribution in [3.8, 4) is 0 Å². The second-order valence-corrected chi connectivity index (χ2v) is 3.60. The molecule has 0 aliphatic rings. The maximum atomic E-state index is 5.98. The van der Waals surface area contributed by atoms with Crippen LogP contribution >= 0.6 is 11.6 Å². The van der Waals surface area contributed by atoms with Crippen LogP contribution in [0.15, 0.2) is 0 Å². The van der Waals surface area contributed by atoms with Crippen molar-refractivity contribution in [2.24, 2.45) is 0 Å². The highest BCUT2D eigenvalue weighted by Gasteiger charge is 2.13. The number of nitrogen functional groups attached to an aromatic ring is 1. The van der Waals surface area contributed by atoms with Crippen LogP contribution in [0.2, 0.25) is 5.15 Å². The van der Waals surface area contributed by atoms with Gasteiger partial charge in [0.2, 0.25) is 5.95 Å². The minimum atomic E-state index is 0.256. The average Bonchev–Trinajstić information content (AvgIpc) is 2.01. The van der Waals surface area contributed by atoms with Crippen LogP contribution in [0.25, 0.3) is 0 Å². The van der Waals surface area contributed by atoms with E-state index in [1.54, 1.807) is 0 Å². The molecule has 0 saturated heterocycles. The molecule has 0 atom stereocenters. The first-order valence-electron chi connectivity index (χ1n) is 4.38. The molecule has 0 spiro atoms. The van der Waals surface area contributed by atoms with Gasteiger partial charge in [-0.3, -0.25) is 0 Å². The predicted molar refractivity (Wildman–Crippen MR) is 54.9 cm³/mol. The molecule has 1 heterocycles. The summed E-state index contributed by atoms with van der Waals surface area (Å²) in [5.74, 6) is 0.592. The van der Waals surface area contributed by atoms with Gasteiger partial charge in [-0.1, -0.05) is 32.4 Å². The fourth-order valence-corrected chi connectivity index (χ4v) is 1.76. The average molecular weight is 200 g/mol. The minimum Gasteiger partial charge on any atom is -0.368 e. The summed E-state index contributed by atoms with van der Waals surface area (Å²) in [6.45, 7) is 6.17. The summed E-state index contributed by atoms with van der Waals surface area (Å²) in [6.07, 6.45) is 0.833. The Bertz CT molecular complexity index is 310. The van der Waals surface area contributed by atoms with Gasteiger partial charge in [0, 0.05) is 5.56 Å². The van der Waals surface area contributed by atoms with Crippen molar-refractivity contribution in [3.63, 3.8) is 0 Å². The van der Waals surface area contributed by atoms with Crippen LogP contribution in [-0.4, -0.2) is 9.97 Å². The van der Waals surface area contributed by atoms with Gasteiger partial charge >= 0.3 is 0 Å². The van der Waals surface area contributed by atoms with Crippen molar-refractivity contribution in [2.45, 2.75) is 33.1 Å². The van der Waals surface area contributed by atoms with E-state index in [-0.39, 0.29) is 5.95 Å². The highest BCUT2D eigenvalue weighted by Crippen LogP contribution is 2.26. The van der Waals surface area contributed by atoms with Gasteiger partial charge in [0.1, 0.15) is 5.15 Å². The van der Waals surface area contributed by atoms with Crippen molar-refractivity contribution >= 4 is 17.5 Å². The molecule has 2 N–H and O–H groups in total. The van der Waals surface area contributed by atoms with Crippen LogP contribution in [0.1, 0.15) is 37.9 Å². The van der Waals surface area contributed by atoms with E-state index in [0.717, 1.165) is 17.7 Å². The molecular weight excluding hydrogens is 186 g/mol. The van der Waals surface area contributed by atoms with Crippen molar-refractivity contribution < 1.29 is 0 Å². The van der Waals surface area contributed by atoms with Crippen LogP contribution in [0, 0.1) is 0 Å². The highest BCUT2D eigenvalue weighted by atomic mass is 35.5. The van der Waals surface area contributed by atoms with Crippen LogP contribution in [0.3, 0.4) is 0 Å². The zero-order chi connectivity index (χ0) is 10.0. The molecule has 1 rings (SSSR count). The van der Waals surface area contributed by atoms with Gasteiger partial charge in [0.15, 0.2) is 0 Å². The molecule has 0 unspecified atom stereocenters. The molecule has 13 heavy (non-hydrogen) atoms. The second kappa shape index (κ2) is 3.92. The van der Waals surface area contributed by atoms with E-state index in [0.29, 0.717) is 11.1 Å². The van der Waals surface area contributed by atoms with Gasteiger partial charge in [-0.25, -0.2) is 9.97 Å². The minimum absolute atomic E-state index is 0.256. The summed E-state index contributed by atoms with van der Waals surface area (Å²) in [5, 5.41) is 0.486. The molecule has 4 heteroatoms. The summed E-state index contributed by atoms with van der Waals surface area (Å²) in [7, 11) is 0. The smallest absolute Gasteiger partial charge is 0.221 e. The van der Waals surface area contributed by atoms with Crippen molar-refractivity contribution in [2.75, 3.05) is 5.73 Å². The number of aromatic nitrogens is 2. The Morgan fingerprint density at radius 2 is 2.00 bits per heavy atom. The van der Waals surface area contributed by atoms with E-state index in [1.165, 1.54) is 0 Å². The molecule has 0 amide bonds. The van der Waals surface area contributed by atoms with E-state index >= 15 is 0 Å². The van der Waals surface area contributed by atoms with Crippen LogP contribution in [-0.2, 0) is 6.42 Å². The summed E-state index contributed by atoms with van der Waals surface area (Å²) < 4.78 is 0. The Morgan fingerprint density at radius 1 is 1.38 bits per heavy atom. The molecule has 0 aliphatic heterocycles. The first-order valence-corrected chi connectivity index (χ1v) is 4.75. The Labute approximate surface area is 83.3 Å². The largest absolute Gasteiger partial charge is 0.368 e. The summed E-state index contributed by atoms with van der Waals surface area (Å²) in [5.41, 5.74) is 7.46. The van der Waals surface area contributed by atoms with E-state index < -0.39 is 0 Å². The standard InChI is InChI=1S/C9H14ClN3/c1-4-6-7(5(2)3)8(10)13-9(11)12-6/h5H,4H2,1-3H3,(H2,11,12,13). The molecule has 0 radical (unpaired) electrons. The second-order valence-electron chi connectivity index (χ2n) is 3.24. The van der Waals surface area contributed by atoms with Crippen LogP contribution in [0.4, 0.5) is 5.95 Å². The van der Waals surface area contributed by atoms with Crippen molar-refractivity contribution in [1.82, 2.24) is 9.97 Å². The molecular formula is C9H14ClN3. The lowest BCUT2D eigenvalue weighted by molar-refractivity contribution is 0.813. The normalized spacial score (nSPS) is 10.8. The zero-order valence-corrected chi connectivity index (χ0v) is 8.89. The van der Waals surface area contributed by atoms with Crippen LogP contribution in [0.5, 0.6) is 0 Å². The first kappa shape index (κ1) is 10.3. The fraction of sp³-hybridized carbons (Fsp3) is 0.556. The third kappa shape index (κ3) is 2.10. The maximum Gasteiger partial charge on any atom is 0.221 e. The number of nitrogens with two attached hydrogens (primary N) is 1. The number of anilines is 1. The Kier molecular flexibility index (Phi) is 3.09. The maximum absolute atomic E-state index is 5.98. The van der Waals surface area contributed by atoms with E-state index in [9.17, 15) is 0 Å². The molecule has 1 aromatic heterocycles.